The van der Waals surface area contributed by atoms with Gasteiger partial charge in [-0.05, 0) is 48.8 Å². The summed E-state index contributed by atoms with van der Waals surface area (Å²) in [6.45, 7) is 1.23. The van der Waals surface area contributed by atoms with Gasteiger partial charge in [0.25, 0.3) is 0 Å². The minimum absolute atomic E-state index is 0.0154. The summed E-state index contributed by atoms with van der Waals surface area (Å²) in [7, 11) is -3.14. The SMILES string of the molecule is CS(=O)(=O)N1CCC[C@@H]1CN[C@H]1CCSc2ccc(F)cc21. The number of hydrogen-bond acceptors (Lipinski definition) is 4. The average Bonchev–Trinajstić information content (AvgIpc) is 2.93. The number of nitrogens with one attached hydrogen (secondary N) is 1. The molecule has 2 atom stereocenters. The molecule has 0 unspecified atom stereocenters. The Hall–Kier alpha value is -0.630. The Labute approximate surface area is 135 Å². The molecule has 1 saturated heterocycles. The topological polar surface area (TPSA) is 49.4 Å². The zero-order valence-corrected chi connectivity index (χ0v) is 14.2. The van der Waals surface area contributed by atoms with Crippen molar-refractivity contribution < 1.29 is 12.8 Å². The van der Waals surface area contributed by atoms with Crippen LogP contribution in [0.3, 0.4) is 0 Å². The van der Waals surface area contributed by atoms with Crippen molar-refractivity contribution in [2.24, 2.45) is 0 Å². The van der Waals surface area contributed by atoms with Crippen LogP contribution in [0, 0.1) is 5.82 Å². The predicted molar refractivity (Wildman–Crippen MR) is 87.1 cm³/mol. The number of hydrogen-bond donors (Lipinski definition) is 1. The summed E-state index contributed by atoms with van der Waals surface area (Å²) in [5.74, 6) is 0.781. The number of sulfonamides is 1. The number of fused-ring (bicyclic) bond motifs is 1. The van der Waals surface area contributed by atoms with Gasteiger partial charge in [0.1, 0.15) is 5.82 Å². The second-order valence-electron chi connectivity index (χ2n) is 5.95. The first-order valence-electron chi connectivity index (χ1n) is 7.57. The lowest BCUT2D eigenvalue weighted by Gasteiger charge is -2.29. The Morgan fingerprint density at radius 3 is 3.00 bits per heavy atom. The van der Waals surface area contributed by atoms with E-state index in [0.29, 0.717) is 13.1 Å². The van der Waals surface area contributed by atoms with Crippen LogP contribution in [0.15, 0.2) is 23.1 Å². The van der Waals surface area contributed by atoms with Gasteiger partial charge in [-0.3, -0.25) is 0 Å². The van der Waals surface area contributed by atoms with Crippen LogP contribution >= 0.6 is 11.8 Å². The summed E-state index contributed by atoms with van der Waals surface area (Å²) in [6, 6.07) is 5.05. The molecule has 2 aliphatic heterocycles. The van der Waals surface area contributed by atoms with Gasteiger partial charge in [0.15, 0.2) is 0 Å². The van der Waals surface area contributed by atoms with Gasteiger partial charge in [0.05, 0.1) is 6.26 Å². The summed E-state index contributed by atoms with van der Waals surface area (Å²) in [5, 5.41) is 3.46. The number of thioether (sulfide) groups is 1. The predicted octanol–water partition coefficient (Wildman–Crippen LogP) is 2.38. The van der Waals surface area contributed by atoms with Crippen molar-refractivity contribution in [1.29, 1.82) is 0 Å². The van der Waals surface area contributed by atoms with Crippen LogP contribution in [0.25, 0.3) is 0 Å². The Kier molecular flexibility index (Phi) is 4.77. The molecule has 0 bridgehead atoms. The third-order valence-corrected chi connectivity index (χ3v) is 6.82. The normalized spacial score (nSPS) is 26.1. The smallest absolute Gasteiger partial charge is 0.211 e. The Balaban J connectivity index is 1.69. The van der Waals surface area contributed by atoms with E-state index in [-0.39, 0.29) is 17.9 Å². The summed E-state index contributed by atoms with van der Waals surface area (Å²) >= 11 is 1.75. The lowest BCUT2D eigenvalue weighted by atomic mass is 10.0. The number of nitrogens with zero attached hydrogens (tertiary/aromatic N) is 1. The van der Waals surface area contributed by atoms with E-state index in [1.165, 1.54) is 12.3 Å². The summed E-state index contributed by atoms with van der Waals surface area (Å²) in [4.78, 5) is 1.12. The minimum Gasteiger partial charge on any atom is -0.308 e. The molecule has 2 heterocycles. The first-order valence-corrected chi connectivity index (χ1v) is 10.4. The van der Waals surface area contributed by atoms with Crippen LogP contribution in [0.2, 0.25) is 0 Å². The van der Waals surface area contributed by atoms with Crippen LogP contribution in [0.4, 0.5) is 4.39 Å². The van der Waals surface area contributed by atoms with Crippen molar-refractivity contribution in [3.8, 4) is 0 Å². The lowest BCUT2D eigenvalue weighted by molar-refractivity contribution is 0.355. The Bertz CT molecular complexity index is 651. The Morgan fingerprint density at radius 1 is 1.41 bits per heavy atom. The van der Waals surface area contributed by atoms with Crippen molar-refractivity contribution >= 4 is 21.8 Å². The molecule has 1 aromatic carbocycles. The molecule has 0 aromatic heterocycles. The van der Waals surface area contributed by atoms with Gasteiger partial charge < -0.3 is 5.32 Å². The van der Waals surface area contributed by atoms with E-state index in [1.807, 2.05) is 6.07 Å². The fourth-order valence-corrected chi connectivity index (χ4v) is 5.59. The molecule has 22 heavy (non-hydrogen) atoms. The number of benzene rings is 1. The highest BCUT2D eigenvalue weighted by Gasteiger charge is 2.32. The van der Waals surface area contributed by atoms with Gasteiger partial charge in [-0.15, -0.1) is 11.8 Å². The van der Waals surface area contributed by atoms with E-state index < -0.39 is 10.0 Å². The molecular formula is C15H21FN2O2S2. The monoisotopic (exact) mass is 344 g/mol. The molecule has 1 N–H and O–H groups in total. The highest BCUT2D eigenvalue weighted by molar-refractivity contribution is 7.99. The maximum Gasteiger partial charge on any atom is 0.211 e. The zero-order chi connectivity index (χ0) is 15.7. The molecule has 1 aromatic rings. The molecule has 4 nitrogen and oxygen atoms in total. The Morgan fingerprint density at radius 2 is 2.23 bits per heavy atom. The van der Waals surface area contributed by atoms with E-state index in [1.54, 1.807) is 22.1 Å². The third kappa shape index (κ3) is 3.48. The maximum absolute atomic E-state index is 13.5. The van der Waals surface area contributed by atoms with Crippen LogP contribution in [-0.2, 0) is 10.0 Å². The first kappa shape index (κ1) is 16.2. The molecule has 0 radical (unpaired) electrons. The van der Waals surface area contributed by atoms with Crippen LogP contribution < -0.4 is 5.32 Å². The van der Waals surface area contributed by atoms with Crippen LogP contribution in [-0.4, -0.2) is 43.9 Å². The molecular weight excluding hydrogens is 323 g/mol. The molecule has 0 saturated carbocycles. The molecule has 7 heteroatoms. The standard InChI is InChI=1S/C15H21FN2O2S2/c1-22(19,20)18-7-2-3-12(18)10-17-14-6-8-21-15-5-4-11(16)9-13(14)15/h4-5,9,12,14,17H,2-3,6-8,10H2,1H3/t12-,14+/m1/s1. The van der Waals surface area contributed by atoms with E-state index in [9.17, 15) is 12.8 Å². The molecule has 2 aliphatic rings. The van der Waals surface area contributed by atoms with Crippen LogP contribution in [0.1, 0.15) is 30.9 Å². The molecule has 122 valence electrons. The van der Waals surface area contributed by atoms with E-state index in [4.69, 9.17) is 0 Å². The molecule has 0 aliphatic carbocycles. The maximum atomic E-state index is 13.5. The largest absolute Gasteiger partial charge is 0.308 e. The average molecular weight is 344 g/mol. The van der Waals surface area contributed by atoms with Crippen molar-refractivity contribution in [1.82, 2.24) is 9.62 Å². The van der Waals surface area contributed by atoms with Gasteiger partial charge in [0, 0.05) is 30.1 Å². The van der Waals surface area contributed by atoms with Crippen molar-refractivity contribution in [2.45, 2.75) is 36.2 Å². The van der Waals surface area contributed by atoms with Gasteiger partial charge in [0.2, 0.25) is 10.0 Å². The molecule has 0 amide bonds. The quantitative estimate of drug-likeness (QED) is 0.911. The highest BCUT2D eigenvalue weighted by atomic mass is 32.2. The second-order valence-corrected chi connectivity index (χ2v) is 9.02. The van der Waals surface area contributed by atoms with E-state index in [2.05, 4.69) is 5.32 Å². The fourth-order valence-electron chi connectivity index (χ4n) is 3.31. The lowest BCUT2D eigenvalue weighted by Crippen LogP contribution is -2.42. The summed E-state index contributed by atoms with van der Waals surface area (Å²) in [6.07, 6.45) is 4.00. The minimum atomic E-state index is -3.14. The molecule has 3 rings (SSSR count). The van der Waals surface area contributed by atoms with Gasteiger partial charge in [-0.2, -0.15) is 4.31 Å². The van der Waals surface area contributed by atoms with Crippen LogP contribution in [0.5, 0.6) is 0 Å². The number of halogens is 1. The summed E-state index contributed by atoms with van der Waals surface area (Å²) in [5.41, 5.74) is 1.00. The summed E-state index contributed by atoms with van der Waals surface area (Å²) < 4.78 is 38.7. The van der Waals surface area contributed by atoms with Crippen molar-refractivity contribution in [2.75, 3.05) is 25.1 Å². The fraction of sp³-hybridized carbons (Fsp3) is 0.600. The molecule has 1 fully saturated rings. The van der Waals surface area contributed by atoms with E-state index >= 15 is 0 Å². The van der Waals surface area contributed by atoms with Crippen molar-refractivity contribution in [3.63, 3.8) is 0 Å². The number of rotatable bonds is 4. The zero-order valence-electron chi connectivity index (χ0n) is 12.6. The van der Waals surface area contributed by atoms with Crippen molar-refractivity contribution in [3.05, 3.63) is 29.6 Å². The van der Waals surface area contributed by atoms with Gasteiger partial charge in [-0.1, -0.05) is 0 Å². The van der Waals surface area contributed by atoms with Gasteiger partial charge in [-0.25, -0.2) is 12.8 Å². The third-order valence-electron chi connectivity index (χ3n) is 4.36. The van der Waals surface area contributed by atoms with E-state index in [0.717, 1.165) is 35.5 Å². The first-order chi connectivity index (χ1) is 10.4. The highest BCUT2D eigenvalue weighted by Crippen LogP contribution is 2.36. The second kappa shape index (κ2) is 6.47. The van der Waals surface area contributed by atoms with Gasteiger partial charge >= 0.3 is 0 Å². The molecule has 0 spiro atoms.